The topological polar surface area (TPSA) is 86.3 Å². The third kappa shape index (κ3) is 6.79. The van der Waals surface area contributed by atoms with Crippen molar-refractivity contribution in [2.24, 2.45) is 5.92 Å². The molecular formula is C26H34N2O6. The zero-order chi connectivity index (χ0) is 24.3. The van der Waals surface area contributed by atoms with Crippen LogP contribution in [0.15, 0.2) is 42.5 Å². The number of rotatable bonds is 10. The molecule has 0 radical (unpaired) electrons. The number of para-hydroxylation sites is 1. The van der Waals surface area contributed by atoms with Crippen molar-refractivity contribution >= 4 is 12.0 Å². The standard InChI is InChI=1S/C26H34N2O6/c1-4-31-22-16-20(17-23(32-5-2)24(22)33-6-3)25(29)27-18-19-12-14-28(15-13-19)26(30)34-21-10-8-7-9-11-21/h7-11,16-17,19H,4-6,12-15,18H2,1-3H3,(H,27,29). The largest absolute Gasteiger partial charge is 0.490 e. The number of likely N-dealkylation sites (tertiary alicyclic amines) is 1. The lowest BCUT2D eigenvalue weighted by Crippen LogP contribution is -2.42. The van der Waals surface area contributed by atoms with Crippen LogP contribution in [0.3, 0.4) is 0 Å². The quantitative estimate of drug-likeness (QED) is 0.549. The van der Waals surface area contributed by atoms with Crippen LogP contribution in [0, 0.1) is 5.92 Å². The average molecular weight is 471 g/mol. The van der Waals surface area contributed by atoms with Gasteiger partial charge in [0.15, 0.2) is 11.5 Å². The van der Waals surface area contributed by atoms with Crippen LogP contribution in [0.25, 0.3) is 0 Å². The summed E-state index contributed by atoms with van der Waals surface area (Å²) in [6.45, 7) is 8.72. The average Bonchev–Trinajstić information content (AvgIpc) is 2.85. The Morgan fingerprint density at radius 1 is 0.912 bits per heavy atom. The normalized spacial score (nSPS) is 13.8. The van der Waals surface area contributed by atoms with E-state index in [0.717, 1.165) is 12.8 Å². The van der Waals surface area contributed by atoms with E-state index in [9.17, 15) is 9.59 Å². The van der Waals surface area contributed by atoms with Crippen LogP contribution in [-0.4, -0.2) is 56.4 Å². The Labute approximate surface area is 201 Å². The zero-order valence-electron chi connectivity index (χ0n) is 20.2. The molecule has 1 fully saturated rings. The number of hydrogen-bond acceptors (Lipinski definition) is 6. The van der Waals surface area contributed by atoms with Crippen LogP contribution in [0.4, 0.5) is 4.79 Å². The Morgan fingerprint density at radius 2 is 1.50 bits per heavy atom. The van der Waals surface area contributed by atoms with Gasteiger partial charge in [-0.15, -0.1) is 0 Å². The number of carbonyl (C=O) groups is 2. The first-order valence-electron chi connectivity index (χ1n) is 11.9. The summed E-state index contributed by atoms with van der Waals surface area (Å²) in [5.41, 5.74) is 0.458. The second-order valence-corrected chi connectivity index (χ2v) is 7.92. The zero-order valence-corrected chi connectivity index (χ0v) is 20.2. The first-order chi connectivity index (χ1) is 16.5. The molecular weight excluding hydrogens is 436 g/mol. The summed E-state index contributed by atoms with van der Waals surface area (Å²) in [5, 5.41) is 3.02. The van der Waals surface area contributed by atoms with Gasteiger partial charge in [-0.3, -0.25) is 4.79 Å². The van der Waals surface area contributed by atoms with Gasteiger partial charge < -0.3 is 29.2 Å². The van der Waals surface area contributed by atoms with Crippen molar-refractivity contribution in [2.45, 2.75) is 33.6 Å². The molecule has 1 N–H and O–H groups in total. The Bertz CT molecular complexity index is 915. The fourth-order valence-electron chi connectivity index (χ4n) is 3.83. The Kier molecular flexibility index (Phi) is 9.43. The summed E-state index contributed by atoms with van der Waals surface area (Å²) in [4.78, 5) is 27.0. The van der Waals surface area contributed by atoms with Crippen molar-refractivity contribution in [2.75, 3.05) is 39.5 Å². The van der Waals surface area contributed by atoms with Gasteiger partial charge in [0.2, 0.25) is 5.75 Å². The van der Waals surface area contributed by atoms with E-state index in [-0.39, 0.29) is 17.9 Å². The highest BCUT2D eigenvalue weighted by atomic mass is 16.6. The van der Waals surface area contributed by atoms with Crippen molar-refractivity contribution in [3.8, 4) is 23.0 Å². The van der Waals surface area contributed by atoms with E-state index < -0.39 is 0 Å². The minimum Gasteiger partial charge on any atom is -0.490 e. The second-order valence-electron chi connectivity index (χ2n) is 7.92. The predicted molar refractivity (Wildman–Crippen MR) is 129 cm³/mol. The lowest BCUT2D eigenvalue weighted by atomic mass is 9.97. The minimum atomic E-state index is -0.338. The highest BCUT2D eigenvalue weighted by Crippen LogP contribution is 2.39. The van der Waals surface area contributed by atoms with E-state index in [2.05, 4.69) is 5.32 Å². The lowest BCUT2D eigenvalue weighted by molar-refractivity contribution is 0.0930. The molecule has 0 aromatic heterocycles. The van der Waals surface area contributed by atoms with Crippen molar-refractivity contribution in [1.82, 2.24) is 10.2 Å². The van der Waals surface area contributed by atoms with Crippen LogP contribution >= 0.6 is 0 Å². The summed E-state index contributed by atoms with van der Waals surface area (Å²) in [5.74, 6) is 2.12. The number of hydrogen-bond donors (Lipinski definition) is 1. The van der Waals surface area contributed by atoms with Crippen molar-refractivity contribution < 1.29 is 28.5 Å². The van der Waals surface area contributed by atoms with Crippen LogP contribution in [-0.2, 0) is 0 Å². The first kappa shape index (κ1) is 25.2. The van der Waals surface area contributed by atoms with Crippen LogP contribution < -0.4 is 24.3 Å². The molecule has 1 saturated heterocycles. The maximum absolute atomic E-state index is 12.9. The third-order valence-electron chi connectivity index (χ3n) is 5.54. The highest BCUT2D eigenvalue weighted by molar-refractivity contribution is 5.95. The number of carbonyl (C=O) groups excluding carboxylic acids is 2. The Morgan fingerprint density at radius 3 is 2.06 bits per heavy atom. The minimum absolute atomic E-state index is 0.198. The predicted octanol–water partition coefficient (Wildman–Crippen LogP) is 4.52. The van der Waals surface area contributed by atoms with Gasteiger partial charge in [0.1, 0.15) is 5.75 Å². The SMILES string of the molecule is CCOc1cc(C(=O)NCC2CCN(C(=O)Oc3ccccc3)CC2)cc(OCC)c1OCC. The van der Waals surface area contributed by atoms with Gasteiger partial charge in [-0.05, 0) is 63.8 Å². The molecule has 0 unspecified atom stereocenters. The van der Waals surface area contributed by atoms with E-state index >= 15 is 0 Å². The number of piperidine rings is 1. The summed E-state index contributed by atoms with van der Waals surface area (Å²) < 4.78 is 22.5. The smallest absolute Gasteiger partial charge is 0.415 e. The van der Waals surface area contributed by atoms with Gasteiger partial charge in [0.25, 0.3) is 5.91 Å². The second kappa shape index (κ2) is 12.7. The highest BCUT2D eigenvalue weighted by Gasteiger charge is 2.25. The third-order valence-corrected chi connectivity index (χ3v) is 5.54. The Balaban J connectivity index is 1.55. The summed E-state index contributed by atoms with van der Waals surface area (Å²) in [6, 6.07) is 12.4. The summed E-state index contributed by atoms with van der Waals surface area (Å²) >= 11 is 0. The fourth-order valence-corrected chi connectivity index (χ4v) is 3.83. The summed E-state index contributed by atoms with van der Waals surface area (Å²) in [6.07, 6.45) is 1.25. The molecule has 184 valence electrons. The van der Waals surface area contributed by atoms with E-state index in [4.69, 9.17) is 18.9 Å². The number of nitrogens with zero attached hydrogens (tertiary/aromatic N) is 1. The maximum atomic E-state index is 12.9. The number of nitrogens with one attached hydrogen (secondary N) is 1. The Hall–Kier alpha value is -3.42. The van der Waals surface area contributed by atoms with Crippen LogP contribution in [0.1, 0.15) is 44.0 Å². The molecule has 2 amide bonds. The lowest BCUT2D eigenvalue weighted by Gasteiger charge is -2.31. The van der Waals surface area contributed by atoms with Gasteiger partial charge in [-0.2, -0.15) is 0 Å². The molecule has 8 nitrogen and oxygen atoms in total. The molecule has 3 rings (SSSR count). The van der Waals surface area contributed by atoms with Crippen LogP contribution in [0.2, 0.25) is 0 Å². The van der Waals surface area contributed by atoms with Gasteiger partial charge in [-0.1, -0.05) is 18.2 Å². The number of ether oxygens (including phenoxy) is 4. The van der Waals surface area contributed by atoms with Crippen molar-refractivity contribution in [3.63, 3.8) is 0 Å². The van der Waals surface area contributed by atoms with E-state index in [1.165, 1.54) is 0 Å². The molecule has 1 aliphatic rings. The molecule has 8 heteroatoms. The van der Waals surface area contributed by atoms with Gasteiger partial charge in [-0.25, -0.2) is 4.79 Å². The van der Waals surface area contributed by atoms with E-state index in [1.54, 1.807) is 29.2 Å². The van der Waals surface area contributed by atoms with Gasteiger partial charge in [0.05, 0.1) is 19.8 Å². The van der Waals surface area contributed by atoms with E-state index in [0.29, 0.717) is 68.0 Å². The molecule has 1 aliphatic heterocycles. The van der Waals surface area contributed by atoms with E-state index in [1.807, 2.05) is 39.0 Å². The molecule has 2 aromatic rings. The molecule has 0 atom stereocenters. The molecule has 1 heterocycles. The molecule has 0 bridgehead atoms. The monoisotopic (exact) mass is 470 g/mol. The van der Waals surface area contributed by atoms with Crippen molar-refractivity contribution in [1.29, 1.82) is 0 Å². The maximum Gasteiger partial charge on any atom is 0.415 e. The summed E-state index contributed by atoms with van der Waals surface area (Å²) in [7, 11) is 0. The molecule has 2 aromatic carbocycles. The fraction of sp³-hybridized carbons (Fsp3) is 0.462. The number of benzene rings is 2. The van der Waals surface area contributed by atoms with Gasteiger partial charge in [0, 0.05) is 25.2 Å². The van der Waals surface area contributed by atoms with Crippen molar-refractivity contribution in [3.05, 3.63) is 48.0 Å². The first-order valence-corrected chi connectivity index (χ1v) is 11.9. The van der Waals surface area contributed by atoms with Gasteiger partial charge >= 0.3 is 6.09 Å². The molecule has 0 aliphatic carbocycles. The van der Waals surface area contributed by atoms with Crippen LogP contribution in [0.5, 0.6) is 23.0 Å². The molecule has 0 saturated carbocycles. The molecule has 0 spiro atoms. The molecule has 34 heavy (non-hydrogen) atoms. The number of amides is 2.